The van der Waals surface area contributed by atoms with E-state index in [2.05, 4.69) is 4.98 Å². The first kappa shape index (κ1) is 21.5. The van der Waals surface area contributed by atoms with Gasteiger partial charge in [-0.05, 0) is 5.56 Å². The molecular weight excluding hydrogens is 394 g/mol. The number of carbonyl (C=O) groups excluding carboxylic acids is 1. The molecule has 28 heavy (non-hydrogen) atoms. The molecule has 0 aliphatic rings. The maximum absolute atomic E-state index is 14.1. The molecule has 1 atom stereocenters. The van der Waals surface area contributed by atoms with Crippen molar-refractivity contribution >= 4 is 5.91 Å². The number of rotatable bonds is 6. The number of benzene rings is 1. The Hall–Kier alpha value is -2.82. The van der Waals surface area contributed by atoms with Crippen LogP contribution in [0.2, 0.25) is 0 Å². The molecular formula is C17H14F6N2O3. The zero-order valence-corrected chi connectivity index (χ0v) is 14.2. The van der Waals surface area contributed by atoms with Crippen molar-refractivity contribution in [1.29, 1.82) is 0 Å². The molecule has 2 N–H and O–H groups in total. The van der Waals surface area contributed by atoms with Gasteiger partial charge in [-0.1, -0.05) is 30.3 Å². The van der Waals surface area contributed by atoms with Crippen molar-refractivity contribution in [3.8, 4) is 5.88 Å². The molecule has 0 saturated heterocycles. The van der Waals surface area contributed by atoms with Crippen LogP contribution in [0.25, 0.3) is 0 Å². The Morgan fingerprint density at radius 3 is 2.32 bits per heavy atom. The quantitative estimate of drug-likeness (QED) is 0.722. The van der Waals surface area contributed by atoms with Gasteiger partial charge in [0.15, 0.2) is 0 Å². The minimum absolute atomic E-state index is 0.0791. The Labute approximate surface area is 155 Å². The van der Waals surface area contributed by atoms with Crippen LogP contribution in [0.1, 0.15) is 11.1 Å². The van der Waals surface area contributed by atoms with Gasteiger partial charge in [0.1, 0.15) is 5.82 Å². The van der Waals surface area contributed by atoms with E-state index in [-0.39, 0.29) is 11.4 Å². The van der Waals surface area contributed by atoms with Crippen LogP contribution < -0.4 is 10.1 Å². The van der Waals surface area contributed by atoms with Crippen molar-refractivity contribution in [1.82, 2.24) is 10.3 Å². The van der Waals surface area contributed by atoms with Crippen LogP contribution in [0, 0.1) is 5.82 Å². The number of ether oxygens (including phenoxy) is 1. The molecule has 0 aliphatic heterocycles. The zero-order chi connectivity index (χ0) is 21.2. The van der Waals surface area contributed by atoms with E-state index < -0.39 is 41.5 Å². The van der Waals surface area contributed by atoms with Gasteiger partial charge in [0.2, 0.25) is 11.5 Å². The molecule has 152 valence electrons. The van der Waals surface area contributed by atoms with Gasteiger partial charge in [-0.3, -0.25) is 4.79 Å². The lowest BCUT2D eigenvalue weighted by Crippen LogP contribution is -2.62. The summed E-state index contributed by atoms with van der Waals surface area (Å²) in [4.78, 5) is 15.8. The Kier molecular flexibility index (Phi) is 5.88. The highest BCUT2D eigenvalue weighted by Crippen LogP contribution is 2.48. The number of carbonyl (C=O) groups is 1. The van der Waals surface area contributed by atoms with Crippen molar-refractivity contribution in [3.63, 3.8) is 0 Å². The van der Waals surface area contributed by atoms with Gasteiger partial charge < -0.3 is 15.2 Å². The number of aliphatic hydroxyl groups is 1. The van der Waals surface area contributed by atoms with E-state index in [9.17, 15) is 36.2 Å². The minimum atomic E-state index is -6.24. The first-order valence-electron chi connectivity index (χ1n) is 7.64. The van der Waals surface area contributed by atoms with Gasteiger partial charge in [0.25, 0.3) is 5.91 Å². The largest absolute Gasteiger partial charge is 0.481 e. The third kappa shape index (κ3) is 3.75. The van der Waals surface area contributed by atoms with E-state index in [0.717, 1.165) is 30.3 Å². The lowest BCUT2D eigenvalue weighted by Gasteiger charge is -2.35. The molecule has 0 saturated carbocycles. The Morgan fingerprint density at radius 2 is 1.79 bits per heavy atom. The number of amides is 1. The van der Waals surface area contributed by atoms with Gasteiger partial charge in [0.05, 0.1) is 13.3 Å². The highest BCUT2D eigenvalue weighted by atomic mass is 19.4. The van der Waals surface area contributed by atoms with Crippen LogP contribution in [0.5, 0.6) is 5.88 Å². The number of alkyl halides is 5. The average molecular weight is 408 g/mol. The molecule has 0 bridgehead atoms. The van der Waals surface area contributed by atoms with Crippen molar-refractivity contribution in [2.75, 3.05) is 7.11 Å². The fourth-order valence-electron chi connectivity index (χ4n) is 2.35. The Morgan fingerprint density at radius 1 is 1.18 bits per heavy atom. The lowest BCUT2D eigenvalue weighted by atomic mass is 9.85. The van der Waals surface area contributed by atoms with Crippen molar-refractivity contribution < 1.29 is 41.0 Å². The predicted octanol–water partition coefficient (Wildman–Crippen LogP) is 2.93. The molecule has 2 rings (SSSR count). The van der Waals surface area contributed by atoms with Gasteiger partial charge in [-0.15, -0.1) is 0 Å². The molecule has 11 heteroatoms. The summed E-state index contributed by atoms with van der Waals surface area (Å²) in [6, 6.07) is 5.96. The van der Waals surface area contributed by atoms with E-state index in [1.54, 1.807) is 5.32 Å². The number of methoxy groups -OCH3 is 1. The van der Waals surface area contributed by atoms with Crippen LogP contribution in [0.15, 0.2) is 42.6 Å². The van der Waals surface area contributed by atoms with E-state index >= 15 is 0 Å². The van der Waals surface area contributed by atoms with Gasteiger partial charge in [-0.2, -0.15) is 22.0 Å². The average Bonchev–Trinajstić information content (AvgIpc) is 2.66. The molecule has 0 radical (unpaired) electrons. The summed E-state index contributed by atoms with van der Waals surface area (Å²) in [6.45, 7) is -0.799. The first-order chi connectivity index (χ1) is 12.9. The predicted molar refractivity (Wildman–Crippen MR) is 83.9 cm³/mol. The molecule has 0 spiro atoms. The van der Waals surface area contributed by atoms with Crippen LogP contribution in [-0.4, -0.2) is 35.2 Å². The second-order valence-corrected chi connectivity index (χ2v) is 5.65. The Bertz CT molecular complexity index is 845. The van der Waals surface area contributed by atoms with E-state index in [4.69, 9.17) is 4.74 Å². The smallest absolute Gasteiger partial charge is 0.457 e. The van der Waals surface area contributed by atoms with Crippen molar-refractivity contribution in [2.45, 2.75) is 24.2 Å². The molecule has 1 amide bonds. The third-order valence-corrected chi connectivity index (χ3v) is 3.89. The fourth-order valence-corrected chi connectivity index (χ4v) is 2.35. The second-order valence-electron chi connectivity index (χ2n) is 5.65. The second kappa shape index (κ2) is 7.66. The number of halogens is 6. The highest BCUT2D eigenvalue weighted by Gasteiger charge is 2.73. The summed E-state index contributed by atoms with van der Waals surface area (Å²) in [7, 11) is 1.21. The van der Waals surface area contributed by atoms with E-state index in [1.165, 1.54) is 13.2 Å². The summed E-state index contributed by atoms with van der Waals surface area (Å²) in [5.74, 6) is -8.94. The fraction of sp³-hybridized carbons (Fsp3) is 0.294. The van der Waals surface area contributed by atoms with Crippen LogP contribution in [-0.2, 0) is 16.9 Å². The number of hydrogen-bond acceptors (Lipinski definition) is 4. The molecule has 1 aromatic carbocycles. The molecule has 2 aromatic rings. The van der Waals surface area contributed by atoms with Crippen LogP contribution in [0.3, 0.4) is 0 Å². The van der Waals surface area contributed by atoms with E-state index in [0.29, 0.717) is 6.20 Å². The normalized spacial score (nSPS) is 14.3. The first-order valence-corrected chi connectivity index (χ1v) is 7.64. The third-order valence-electron chi connectivity index (χ3n) is 3.89. The summed E-state index contributed by atoms with van der Waals surface area (Å²) < 4.78 is 85.5. The van der Waals surface area contributed by atoms with Crippen molar-refractivity contribution in [3.05, 3.63) is 59.5 Å². The summed E-state index contributed by atoms with van der Waals surface area (Å²) in [5, 5.41) is 12.0. The molecule has 0 fully saturated rings. The standard InChI is InChI=1S/C17H14F6N2O3/c1-28-13-7-10(12(18)9-24-13)8-25-14(26)15(27,11-5-3-2-4-6-11)16(19,20)17(21,22)23/h2-7,9,27H,8H2,1H3,(H,25,26). The minimum Gasteiger partial charge on any atom is -0.481 e. The zero-order valence-electron chi connectivity index (χ0n) is 14.2. The lowest BCUT2D eigenvalue weighted by molar-refractivity contribution is -0.337. The number of nitrogens with one attached hydrogen (secondary N) is 1. The number of nitrogens with zero attached hydrogens (tertiary/aromatic N) is 1. The molecule has 5 nitrogen and oxygen atoms in total. The van der Waals surface area contributed by atoms with Crippen LogP contribution >= 0.6 is 0 Å². The summed E-state index contributed by atoms with van der Waals surface area (Å²) >= 11 is 0. The molecule has 0 aliphatic carbocycles. The molecule has 1 aromatic heterocycles. The molecule has 1 heterocycles. The SMILES string of the molecule is COc1cc(CNC(=O)C(O)(c2ccccc2)C(F)(F)C(F)(F)F)c(F)cn1. The number of hydrogen-bond donors (Lipinski definition) is 2. The van der Waals surface area contributed by atoms with E-state index in [1.807, 2.05) is 0 Å². The monoisotopic (exact) mass is 408 g/mol. The van der Waals surface area contributed by atoms with Gasteiger partial charge in [-0.25, -0.2) is 9.37 Å². The maximum atomic E-state index is 14.1. The maximum Gasteiger partial charge on any atom is 0.457 e. The Balaban J connectivity index is 2.41. The topological polar surface area (TPSA) is 71.5 Å². The highest BCUT2D eigenvalue weighted by molar-refractivity contribution is 5.87. The van der Waals surface area contributed by atoms with Gasteiger partial charge >= 0.3 is 12.1 Å². The summed E-state index contributed by atoms with van der Waals surface area (Å²) in [5.41, 5.74) is -5.56. The number of aromatic nitrogens is 1. The van der Waals surface area contributed by atoms with Crippen LogP contribution in [0.4, 0.5) is 26.3 Å². The van der Waals surface area contributed by atoms with Crippen molar-refractivity contribution in [2.24, 2.45) is 0 Å². The number of pyridine rings is 1. The van der Waals surface area contributed by atoms with Gasteiger partial charge in [0, 0.05) is 18.2 Å². The summed E-state index contributed by atoms with van der Waals surface area (Å²) in [6.07, 6.45) is -5.52. The molecule has 1 unspecified atom stereocenters.